The van der Waals surface area contributed by atoms with Crippen LogP contribution in [-0.2, 0) is 0 Å². The highest BCUT2D eigenvalue weighted by Crippen LogP contribution is 2.19. The highest BCUT2D eigenvalue weighted by atomic mass is 19.1. The molecule has 108 valence electrons. The molecule has 1 heterocycles. The number of carbonyl (C=O) groups is 1. The number of nitrogens with zero attached hydrogens (tertiary/aromatic N) is 2. The number of halogens is 1. The molecule has 1 N–H and O–H groups in total. The molecule has 0 aliphatic heterocycles. The van der Waals surface area contributed by atoms with Gasteiger partial charge < -0.3 is 5.32 Å². The van der Waals surface area contributed by atoms with Crippen LogP contribution in [0.15, 0.2) is 35.1 Å². The summed E-state index contributed by atoms with van der Waals surface area (Å²) in [7, 11) is 0. The topological polar surface area (TPSA) is 64.0 Å². The molecule has 0 bridgehead atoms. The van der Waals surface area contributed by atoms with Crippen LogP contribution in [0.2, 0.25) is 0 Å². The predicted octanol–water partition coefficient (Wildman–Crippen LogP) is 1.57. The highest BCUT2D eigenvalue weighted by molar-refractivity contribution is 5.92. The van der Waals surface area contributed by atoms with Gasteiger partial charge in [-0.25, -0.2) is 9.07 Å². The van der Waals surface area contributed by atoms with Gasteiger partial charge in [0.05, 0.1) is 0 Å². The molecule has 21 heavy (non-hydrogen) atoms. The third-order valence-corrected chi connectivity index (χ3v) is 3.32. The largest absolute Gasteiger partial charge is 0.348 e. The number of rotatable bonds is 3. The Balaban J connectivity index is 2.07. The molecule has 0 saturated heterocycles. The second-order valence-electron chi connectivity index (χ2n) is 5.11. The van der Waals surface area contributed by atoms with Crippen molar-refractivity contribution in [2.24, 2.45) is 0 Å². The first-order valence-electron chi connectivity index (χ1n) is 6.73. The minimum absolute atomic E-state index is 0.127. The second kappa shape index (κ2) is 5.12. The summed E-state index contributed by atoms with van der Waals surface area (Å²) in [6, 6.07) is 7.50. The maximum atomic E-state index is 13.9. The summed E-state index contributed by atoms with van der Waals surface area (Å²) in [6.45, 7) is 1.64. The van der Waals surface area contributed by atoms with Crippen LogP contribution in [0.4, 0.5) is 4.39 Å². The maximum absolute atomic E-state index is 13.9. The molecule has 2 aromatic rings. The van der Waals surface area contributed by atoms with E-state index in [1.165, 1.54) is 16.8 Å². The first kappa shape index (κ1) is 13.5. The van der Waals surface area contributed by atoms with E-state index in [4.69, 9.17) is 0 Å². The van der Waals surface area contributed by atoms with Gasteiger partial charge in [0.1, 0.15) is 11.5 Å². The smallest absolute Gasteiger partial charge is 0.276 e. The van der Waals surface area contributed by atoms with E-state index in [9.17, 15) is 14.0 Å². The Kier molecular flexibility index (Phi) is 3.29. The minimum atomic E-state index is -0.507. The molecule has 1 fully saturated rings. The van der Waals surface area contributed by atoms with Gasteiger partial charge >= 0.3 is 0 Å². The van der Waals surface area contributed by atoms with Gasteiger partial charge in [-0.3, -0.25) is 9.59 Å². The van der Waals surface area contributed by atoms with Crippen molar-refractivity contribution in [1.82, 2.24) is 15.1 Å². The van der Waals surface area contributed by atoms with Gasteiger partial charge in [0.15, 0.2) is 5.69 Å². The van der Waals surface area contributed by atoms with Gasteiger partial charge in [0, 0.05) is 17.8 Å². The quantitative estimate of drug-likeness (QED) is 0.932. The lowest BCUT2D eigenvalue weighted by molar-refractivity contribution is 0.0943. The van der Waals surface area contributed by atoms with Gasteiger partial charge in [0.2, 0.25) is 5.43 Å². The molecule has 0 atom stereocenters. The number of nitrogens with one attached hydrogen (secondary N) is 1. The van der Waals surface area contributed by atoms with Crippen LogP contribution in [0, 0.1) is 12.7 Å². The zero-order valence-electron chi connectivity index (χ0n) is 11.5. The Hall–Kier alpha value is -2.50. The molecular weight excluding hydrogens is 273 g/mol. The van der Waals surface area contributed by atoms with Gasteiger partial charge in [-0.05, 0) is 31.9 Å². The third kappa shape index (κ3) is 2.69. The normalized spacial score (nSPS) is 14.0. The Morgan fingerprint density at radius 3 is 2.76 bits per heavy atom. The Morgan fingerprint density at radius 2 is 2.10 bits per heavy atom. The summed E-state index contributed by atoms with van der Waals surface area (Å²) in [5.74, 6) is -0.974. The summed E-state index contributed by atoms with van der Waals surface area (Å²) in [5.41, 5.74) is -0.00228. The lowest BCUT2D eigenvalue weighted by atomic mass is 10.2. The van der Waals surface area contributed by atoms with Crippen LogP contribution in [0.3, 0.4) is 0 Å². The predicted molar refractivity (Wildman–Crippen MR) is 75.0 cm³/mol. The van der Waals surface area contributed by atoms with E-state index in [0.717, 1.165) is 12.8 Å². The second-order valence-corrected chi connectivity index (χ2v) is 5.11. The van der Waals surface area contributed by atoms with Crippen molar-refractivity contribution in [3.05, 3.63) is 57.8 Å². The number of para-hydroxylation sites is 1. The van der Waals surface area contributed by atoms with Crippen LogP contribution in [0.25, 0.3) is 5.69 Å². The molecule has 1 aromatic carbocycles. The molecule has 0 unspecified atom stereocenters. The summed E-state index contributed by atoms with van der Waals surface area (Å²) in [5, 5.41) is 6.75. The van der Waals surface area contributed by atoms with Crippen molar-refractivity contribution < 1.29 is 9.18 Å². The first-order valence-corrected chi connectivity index (χ1v) is 6.73. The molecule has 5 nitrogen and oxygen atoms in total. The molecule has 1 saturated carbocycles. The lowest BCUT2D eigenvalue weighted by Crippen LogP contribution is -2.33. The standard InChI is InChI=1S/C15H14FN3O2/c1-9-8-13(20)14(15(21)17-10-6-7-10)18-19(9)12-5-3-2-4-11(12)16/h2-5,8,10H,6-7H2,1H3,(H,17,21). The Bertz CT molecular complexity index is 766. The molecule has 1 aliphatic rings. The van der Waals surface area contributed by atoms with Gasteiger partial charge in [-0.15, -0.1) is 0 Å². The number of benzene rings is 1. The van der Waals surface area contributed by atoms with Crippen LogP contribution >= 0.6 is 0 Å². The fraction of sp³-hybridized carbons (Fsp3) is 0.267. The molecule has 3 rings (SSSR count). The average molecular weight is 287 g/mol. The van der Waals surface area contributed by atoms with Gasteiger partial charge in [0.25, 0.3) is 5.91 Å². The molecule has 1 amide bonds. The number of hydrogen-bond donors (Lipinski definition) is 1. The highest BCUT2D eigenvalue weighted by Gasteiger charge is 2.26. The van der Waals surface area contributed by atoms with Crippen molar-refractivity contribution in [2.45, 2.75) is 25.8 Å². The number of aryl methyl sites for hydroxylation is 1. The molecule has 0 spiro atoms. The summed E-state index contributed by atoms with van der Waals surface area (Å²) >= 11 is 0. The summed E-state index contributed by atoms with van der Waals surface area (Å²) in [4.78, 5) is 23.9. The van der Waals surface area contributed by atoms with Crippen LogP contribution in [0.5, 0.6) is 0 Å². The van der Waals surface area contributed by atoms with Gasteiger partial charge in [-0.2, -0.15) is 5.10 Å². The zero-order valence-corrected chi connectivity index (χ0v) is 11.5. The van der Waals surface area contributed by atoms with Crippen LogP contribution in [0.1, 0.15) is 29.0 Å². The van der Waals surface area contributed by atoms with Crippen LogP contribution in [-0.4, -0.2) is 21.7 Å². The van der Waals surface area contributed by atoms with Crippen molar-refractivity contribution >= 4 is 5.91 Å². The number of hydrogen-bond acceptors (Lipinski definition) is 3. The summed E-state index contributed by atoms with van der Waals surface area (Å²) < 4.78 is 15.1. The zero-order chi connectivity index (χ0) is 15.0. The molecule has 6 heteroatoms. The van der Waals surface area contributed by atoms with E-state index in [1.54, 1.807) is 25.1 Å². The Morgan fingerprint density at radius 1 is 1.38 bits per heavy atom. The van der Waals surface area contributed by atoms with E-state index in [1.807, 2.05) is 0 Å². The van der Waals surface area contributed by atoms with Crippen LogP contribution < -0.4 is 10.7 Å². The first-order chi connectivity index (χ1) is 10.1. The fourth-order valence-electron chi connectivity index (χ4n) is 2.05. The molecule has 1 aliphatic carbocycles. The third-order valence-electron chi connectivity index (χ3n) is 3.32. The Labute approximate surface area is 120 Å². The molecule has 1 aromatic heterocycles. The van der Waals surface area contributed by atoms with E-state index >= 15 is 0 Å². The van der Waals surface area contributed by atoms with Gasteiger partial charge in [-0.1, -0.05) is 12.1 Å². The van der Waals surface area contributed by atoms with Crippen molar-refractivity contribution in [3.63, 3.8) is 0 Å². The minimum Gasteiger partial charge on any atom is -0.348 e. The number of carbonyl (C=O) groups excluding carboxylic acids is 1. The van der Waals surface area contributed by atoms with Crippen molar-refractivity contribution in [3.8, 4) is 5.69 Å². The fourth-order valence-corrected chi connectivity index (χ4v) is 2.05. The van der Waals surface area contributed by atoms with E-state index in [-0.39, 0.29) is 17.4 Å². The van der Waals surface area contributed by atoms with E-state index in [0.29, 0.717) is 5.69 Å². The lowest BCUT2D eigenvalue weighted by Gasteiger charge is -2.11. The molecule has 0 radical (unpaired) electrons. The number of aromatic nitrogens is 2. The monoisotopic (exact) mass is 287 g/mol. The van der Waals surface area contributed by atoms with E-state index in [2.05, 4.69) is 10.4 Å². The van der Waals surface area contributed by atoms with E-state index < -0.39 is 17.2 Å². The maximum Gasteiger partial charge on any atom is 0.276 e. The van der Waals surface area contributed by atoms with Crippen molar-refractivity contribution in [2.75, 3.05) is 0 Å². The SMILES string of the molecule is Cc1cc(=O)c(C(=O)NC2CC2)nn1-c1ccccc1F. The van der Waals surface area contributed by atoms with Crippen molar-refractivity contribution in [1.29, 1.82) is 0 Å². The molecular formula is C15H14FN3O2. The average Bonchev–Trinajstić information content (AvgIpc) is 3.24. The number of amides is 1. The summed E-state index contributed by atoms with van der Waals surface area (Å²) in [6.07, 6.45) is 1.83.